The molecule has 0 radical (unpaired) electrons. The van der Waals surface area contributed by atoms with Gasteiger partial charge in [0, 0.05) is 18.0 Å². The number of nitrogens with one attached hydrogen (secondary N) is 2. The molecule has 0 bridgehead atoms. The van der Waals surface area contributed by atoms with Gasteiger partial charge in [-0.1, -0.05) is 25.0 Å². The molecule has 2 aliphatic rings. The molecule has 0 saturated heterocycles. The lowest BCUT2D eigenvalue weighted by molar-refractivity contribution is -0.122. The summed E-state index contributed by atoms with van der Waals surface area (Å²) >= 11 is 0. The SMILES string of the molecule is CC(CC(=O)NC1CCCCC1CN)N=C1NS(=O)(=O)c2ccccc21. The van der Waals surface area contributed by atoms with Gasteiger partial charge >= 0.3 is 0 Å². The second kappa shape index (κ2) is 7.75. The van der Waals surface area contributed by atoms with Gasteiger partial charge in [0.05, 0.1) is 10.9 Å². The minimum atomic E-state index is -3.56. The number of carbonyl (C=O) groups excluding carboxylic acids is 1. The summed E-state index contributed by atoms with van der Waals surface area (Å²) in [6, 6.07) is 6.51. The Morgan fingerprint density at radius 2 is 2.08 bits per heavy atom. The fourth-order valence-electron chi connectivity index (χ4n) is 3.71. The average molecular weight is 378 g/mol. The molecule has 0 spiro atoms. The molecule has 1 fully saturated rings. The van der Waals surface area contributed by atoms with Crippen molar-refractivity contribution in [3.05, 3.63) is 29.8 Å². The van der Waals surface area contributed by atoms with Gasteiger partial charge in [-0.25, -0.2) is 8.42 Å². The van der Waals surface area contributed by atoms with Crippen LogP contribution in [-0.2, 0) is 14.8 Å². The van der Waals surface area contributed by atoms with E-state index in [1.807, 2.05) is 6.92 Å². The highest BCUT2D eigenvalue weighted by molar-refractivity contribution is 7.90. The molecule has 3 rings (SSSR count). The third kappa shape index (κ3) is 4.07. The van der Waals surface area contributed by atoms with Crippen LogP contribution in [0, 0.1) is 5.92 Å². The first-order valence-corrected chi connectivity index (χ1v) is 10.6. The van der Waals surface area contributed by atoms with Gasteiger partial charge in [0.1, 0.15) is 5.84 Å². The Hall–Kier alpha value is -1.93. The third-order valence-electron chi connectivity index (χ3n) is 5.05. The van der Waals surface area contributed by atoms with Gasteiger partial charge in [0.2, 0.25) is 5.91 Å². The van der Waals surface area contributed by atoms with Gasteiger partial charge in [0.15, 0.2) is 0 Å². The maximum Gasteiger partial charge on any atom is 0.263 e. The summed E-state index contributed by atoms with van der Waals surface area (Å²) in [4.78, 5) is 17.0. The molecule has 1 amide bonds. The van der Waals surface area contributed by atoms with Crippen LogP contribution in [-0.4, -0.2) is 38.8 Å². The standard InChI is InChI=1S/C18H26N4O3S/c1-12(10-17(23)21-15-8-4-2-6-13(15)11-19)20-18-14-7-3-5-9-16(14)26(24,25)22-18/h3,5,7,9,12-13,15H,2,4,6,8,10-11,19H2,1H3,(H,20,22)(H,21,23). The van der Waals surface area contributed by atoms with Crippen molar-refractivity contribution in [2.24, 2.45) is 16.6 Å². The van der Waals surface area contributed by atoms with Gasteiger partial charge < -0.3 is 11.1 Å². The van der Waals surface area contributed by atoms with E-state index in [4.69, 9.17) is 5.73 Å². The van der Waals surface area contributed by atoms with Crippen molar-refractivity contribution < 1.29 is 13.2 Å². The van der Waals surface area contributed by atoms with Crippen LogP contribution in [0.2, 0.25) is 0 Å². The van der Waals surface area contributed by atoms with Crippen molar-refractivity contribution in [3.63, 3.8) is 0 Å². The number of amidine groups is 1. The summed E-state index contributed by atoms with van der Waals surface area (Å²) in [7, 11) is -3.56. The third-order valence-corrected chi connectivity index (χ3v) is 6.45. The number of nitrogens with two attached hydrogens (primary N) is 1. The van der Waals surface area contributed by atoms with Crippen LogP contribution >= 0.6 is 0 Å². The van der Waals surface area contributed by atoms with Crippen molar-refractivity contribution in [2.45, 2.75) is 56.0 Å². The summed E-state index contributed by atoms with van der Waals surface area (Å²) < 4.78 is 26.7. The predicted octanol–water partition coefficient (Wildman–Crippen LogP) is 1.14. The molecule has 1 aromatic rings. The Morgan fingerprint density at radius 1 is 1.35 bits per heavy atom. The first-order chi connectivity index (χ1) is 12.4. The number of hydrogen-bond donors (Lipinski definition) is 3. The van der Waals surface area contributed by atoms with Crippen molar-refractivity contribution in [1.29, 1.82) is 0 Å². The molecule has 26 heavy (non-hydrogen) atoms. The van der Waals surface area contributed by atoms with Gasteiger partial charge in [-0.2, -0.15) is 0 Å². The zero-order valence-electron chi connectivity index (χ0n) is 14.9. The highest BCUT2D eigenvalue weighted by atomic mass is 32.2. The smallest absolute Gasteiger partial charge is 0.263 e. The van der Waals surface area contributed by atoms with Crippen LogP contribution in [0.1, 0.15) is 44.6 Å². The molecule has 1 aromatic carbocycles. The summed E-state index contributed by atoms with van der Waals surface area (Å²) in [5, 5.41) is 3.08. The summed E-state index contributed by atoms with van der Waals surface area (Å²) in [5.74, 6) is 0.572. The quantitative estimate of drug-likeness (QED) is 0.713. The zero-order chi connectivity index (χ0) is 18.7. The molecule has 3 atom stereocenters. The molecule has 8 heteroatoms. The van der Waals surface area contributed by atoms with Crippen LogP contribution in [0.15, 0.2) is 34.2 Å². The van der Waals surface area contributed by atoms with E-state index in [2.05, 4.69) is 15.0 Å². The number of aliphatic imine (C=N–C) groups is 1. The largest absolute Gasteiger partial charge is 0.353 e. The molecule has 1 saturated carbocycles. The van der Waals surface area contributed by atoms with E-state index in [9.17, 15) is 13.2 Å². The van der Waals surface area contributed by atoms with Crippen LogP contribution in [0.25, 0.3) is 0 Å². The number of hydrogen-bond acceptors (Lipinski definition) is 5. The van der Waals surface area contributed by atoms with Crippen LogP contribution in [0.5, 0.6) is 0 Å². The molecule has 142 valence electrons. The second-order valence-electron chi connectivity index (χ2n) is 7.09. The fourth-order valence-corrected chi connectivity index (χ4v) is 4.95. The van der Waals surface area contributed by atoms with E-state index in [0.717, 1.165) is 25.7 Å². The summed E-state index contributed by atoms with van der Waals surface area (Å²) in [5.41, 5.74) is 6.36. The molecule has 1 heterocycles. The van der Waals surface area contributed by atoms with E-state index in [-0.39, 0.29) is 29.3 Å². The van der Waals surface area contributed by atoms with E-state index in [1.54, 1.807) is 24.3 Å². The lowest BCUT2D eigenvalue weighted by Gasteiger charge is -2.31. The molecular weight excluding hydrogens is 352 g/mol. The van der Waals surface area contributed by atoms with Crippen molar-refractivity contribution >= 4 is 21.8 Å². The molecule has 1 aliphatic carbocycles. The van der Waals surface area contributed by atoms with Crippen molar-refractivity contribution in [2.75, 3.05) is 6.54 Å². The monoisotopic (exact) mass is 378 g/mol. The first kappa shape index (κ1) is 18.8. The maximum atomic E-state index is 12.4. The second-order valence-corrected chi connectivity index (χ2v) is 8.74. The Kier molecular flexibility index (Phi) is 5.62. The van der Waals surface area contributed by atoms with Gasteiger partial charge in [-0.05, 0) is 44.4 Å². The number of nitrogens with zero attached hydrogens (tertiary/aromatic N) is 1. The van der Waals surface area contributed by atoms with E-state index in [0.29, 0.717) is 23.9 Å². The lowest BCUT2D eigenvalue weighted by atomic mass is 9.84. The molecule has 1 aliphatic heterocycles. The highest BCUT2D eigenvalue weighted by Gasteiger charge is 2.31. The molecule has 7 nitrogen and oxygen atoms in total. The van der Waals surface area contributed by atoms with Crippen molar-refractivity contribution in [1.82, 2.24) is 10.0 Å². The molecule has 3 unspecified atom stereocenters. The predicted molar refractivity (Wildman–Crippen MR) is 100 cm³/mol. The molecular formula is C18H26N4O3S. The Balaban J connectivity index is 1.64. The zero-order valence-corrected chi connectivity index (χ0v) is 15.8. The minimum Gasteiger partial charge on any atom is -0.353 e. The van der Waals surface area contributed by atoms with Gasteiger partial charge in [-0.3, -0.25) is 14.5 Å². The Bertz CT molecular complexity index is 806. The minimum absolute atomic E-state index is 0.0682. The Labute approximate surface area is 154 Å². The van der Waals surface area contributed by atoms with Crippen LogP contribution in [0.3, 0.4) is 0 Å². The van der Waals surface area contributed by atoms with E-state index >= 15 is 0 Å². The number of benzene rings is 1. The highest BCUT2D eigenvalue weighted by Crippen LogP contribution is 2.24. The van der Waals surface area contributed by atoms with E-state index < -0.39 is 10.0 Å². The van der Waals surface area contributed by atoms with E-state index in [1.165, 1.54) is 0 Å². The Morgan fingerprint density at radius 3 is 2.85 bits per heavy atom. The molecule has 0 aromatic heterocycles. The van der Waals surface area contributed by atoms with Crippen LogP contribution in [0.4, 0.5) is 0 Å². The average Bonchev–Trinajstić information content (AvgIpc) is 2.86. The number of amides is 1. The van der Waals surface area contributed by atoms with Crippen LogP contribution < -0.4 is 15.8 Å². The number of rotatable bonds is 5. The maximum absolute atomic E-state index is 12.4. The topological polar surface area (TPSA) is 114 Å². The number of sulfonamides is 1. The lowest BCUT2D eigenvalue weighted by Crippen LogP contribution is -2.45. The number of fused-ring (bicyclic) bond motifs is 1. The molecule has 4 N–H and O–H groups in total. The fraction of sp³-hybridized carbons (Fsp3) is 0.556. The first-order valence-electron chi connectivity index (χ1n) is 9.10. The van der Waals surface area contributed by atoms with Crippen molar-refractivity contribution in [3.8, 4) is 0 Å². The normalized spacial score (nSPS) is 26.8. The summed E-state index contributed by atoms with van der Waals surface area (Å²) in [6.07, 6.45) is 4.50. The van der Waals surface area contributed by atoms with Gasteiger partial charge in [-0.15, -0.1) is 0 Å². The number of carbonyl (C=O) groups is 1. The summed E-state index contributed by atoms with van der Waals surface area (Å²) in [6.45, 7) is 2.39. The van der Waals surface area contributed by atoms with Gasteiger partial charge in [0.25, 0.3) is 10.0 Å².